The lowest BCUT2D eigenvalue weighted by atomic mass is 10.1. The normalized spacial score (nSPS) is 11.8. The third-order valence-electron chi connectivity index (χ3n) is 5.28. The zero-order valence-corrected chi connectivity index (χ0v) is 17.8. The summed E-state index contributed by atoms with van der Waals surface area (Å²) in [4.78, 5) is 21.4. The van der Waals surface area contributed by atoms with Crippen molar-refractivity contribution in [1.29, 1.82) is 0 Å². The van der Waals surface area contributed by atoms with Crippen LogP contribution in [0.15, 0.2) is 85.2 Å². The molecule has 7 heteroatoms. The van der Waals surface area contributed by atoms with Crippen molar-refractivity contribution in [2.75, 3.05) is 18.7 Å². The predicted octanol–water partition coefficient (Wildman–Crippen LogP) is 4.59. The molecule has 3 aromatic carbocycles. The van der Waals surface area contributed by atoms with Gasteiger partial charge in [-0.1, -0.05) is 42.5 Å². The number of nitrogens with one attached hydrogen (secondary N) is 2. The molecule has 1 aliphatic rings. The number of hydrogen-bond acceptors (Lipinski definition) is 6. The molecule has 0 fully saturated rings. The maximum Gasteiger partial charge on any atom is 0.251 e. The molecule has 2 heterocycles. The summed E-state index contributed by atoms with van der Waals surface area (Å²) in [6.07, 6.45) is 4.25. The maximum absolute atomic E-state index is 12.6. The van der Waals surface area contributed by atoms with Crippen molar-refractivity contribution in [1.82, 2.24) is 15.3 Å². The molecule has 4 aromatic rings. The van der Waals surface area contributed by atoms with Crippen molar-refractivity contribution in [2.24, 2.45) is 0 Å². The summed E-state index contributed by atoms with van der Waals surface area (Å²) in [5, 5.41) is 6.12. The minimum atomic E-state index is -0.139. The van der Waals surface area contributed by atoms with Gasteiger partial charge >= 0.3 is 0 Å². The Balaban J connectivity index is 1.18. The quantitative estimate of drug-likeness (QED) is 0.439. The average Bonchev–Trinajstić information content (AvgIpc) is 3.33. The van der Waals surface area contributed by atoms with Crippen molar-refractivity contribution in [3.63, 3.8) is 0 Å². The second-order valence-corrected chi connectivity index (χ2v) is 7.56. The molecule has 0 spiro atoms. The summed E-state index contributed by atoms with van der Waals surface area (Å²) in [5.74, 6) is 1.83. The number of amides is 1. The third-order valence-corrected chi connectivity index (χ3v) is 5.28. The fourth-order valence-corrected chi connectivity index (χ4v) is 3.56. The lowest BCUT2D eigenvalue weighted by Crippen LogP contribution is -2.25. The molecule has 5 rings (SSSR count). The summed E-state index contributed by atoms with van der Waals surface area (Å²) < 4.78 is 10.7. The molecular formula is C26H22N4O3. The first kappa shape index (κ1) is 20.5. The van der Waals surface area contributed by atoms with E-state index in [2.05, 4.69) is 20.6 Å². The van der Waals surface area contributed by atoms with E-state index in [0.29, 0.717) is 24.5 Å². The molecule has 0 bridgehead atoms. The van der Waals surface area contributed by atoms with Gasteiger partial charge in [0.15, 0.2) is 11.5 Å². The van der Waals surface area contributed by atoms with Gasteiger partial charge in [-0.2, -0.15) is 0 Å². The van der Waals surface area contributed by atoms with Gasteiger partial charge < -0.3 is 20.1 Å². The van der Waals surface area contributed by atoms with Crippen molar-refractivity contribution in [3.8, 4) is 22.6 Å². The van der Waals surface area contributed by atoms with Crippen LogP contribution in [0.1, 0.15) is 15.9 Å². The molecule has 0 radical (unpaired) electrons. The van der Waals surface area contributed by atoms with Gasteiger partial charge in [-0.15, -0.1) is 0 Å². The Hall–Kier alpha value is -4.39. The molecule has 0 atom stereocenters. The molecule has 0 saturated heterocycles. The highest BCUT2D eigenvalue weighted by atomic mass is 16.7. The number of nitrogens with zero attached hydrogens (tertiary/aromatic N) is 2. The Morgan fingerprint density at radius 3 is 2.52 bits per heavy atom. The second-order valence-electron chi connectivity index (χ2n) is 7.56. The van der Waals surface area contributed by atoms with Gasteiger partial charge in [0.25, 0.3) is 5.91 Å². The molecule has 0 aliphatic carbocycles. The Labute approximate surface area is 191 Å². The van der Waals surface area contributed by atoms with Gasteiger partial charge in [-0.25, -0.2) is 9.97 Å². The Morgan fingerprint density at radius 2 is 1.67 bits per heavy atom. The summed E-state index contributed by atoms with van der Waals surface area (Å²) in [6.45, 7) is 0.766. The van der Waals surface area contributed by atoms with Crippen LogP contribution in [0.2, 0.25) is 0 Å². The van der Waals surface area contributed by atoms with Crippen LogP contribution in [0.5, 0.6) is 11.5 Å². The smallest absolute Gasteiger partial charge is 0.251 e. The third kappa shape index (κ3) is 4.93. The largest absolute Gasteiger partial charge is 0.454 e. The van der Waals surface area contributed by atoms with Crippen LogP contribution in [0.25, 0.3) is 11.1 Å². The molecular weight excluding hydrogens is 416 g/mol. The van der Waals surface area contributed by atoms with Crippen molar-refractivity contribution in [2.45, 2.75) is 6.42 Å². The topological polar surface area (TPSA) is 85.4 Å². The number of carbonyl (C=O) groups is 1. The number of anilines is 2. The summed E-state index contributed by atoms with van der Waals surface area (Å²) >= 11 is 0. The van der Waals surface area contributed by atoms with Crippen LogP contribution in [0, 0.1) is 0 Å². The lowest BCUT2D eigenvalue weighted by molar-refractivity contribution is 0.0954. The molecule has 2 N–H and O–H groups in total. The predicted molar refractivity (Wildman–Crippen MR) is 126 cm³/mol. The zero-order chi connectivity index (χ0) is 22.5. The molecule has 164 valence electrons. The highest BCUT2D eigenvalue weighted by Crippen LogP contribution is 2.32. The highest BCUT2D eigenvalue weighted by molar-refractivity contribution is 5.95. The van der Waals surface area contributed by atoms with E-state index in [1.54, 1.807) is 24.5 Å². The van der Waals surface area contributed by atoms with E-state index >= 15 is 0 Å². The molecule has 1 aromatic heterocycles. The van der Waals surface area contributed by atoms with Crippen LogP contribution in [-0.2, 0) is 6.42 Å². The second kappa shape index (κ2) is 9.40. The maximum atomic E-state index is 12.6. The molecule has 0 unspecified atom stereocenters. The minimum Gasteiger partial charge on any atom is -0.454 e. The monoisotopic (exact) mass is 438 g/mol. The summed E-state index contributed by atoms with van der Waals surface area (Å²) in [6, 6.07) is 23.0. The van der Waals surface area contributed by atoms with Crippen LogP contribution >= 0.6 is 0 Å². The Kier molecular flexibility index (Phi) is 5.84. The lowest BCUT2D eigenvalue weighted by Gasteiger charge is -2.09. The number of carbonyl (C=O) groups excluding carboxylic acids is 1. The number of hydrogen-bond donors (Lipinski definition) is 2. The van der Waals surface area contributed by atoms with Gasteiger partial charge in [-0.3, -0.25) is 4.79 Å². The average molecular weight is 438 g/mol. The van der Waals surface area contributed by atoms with Crippen LogP contribution < -0.4 is 20.1 Å². The summed E-state index contributed by atoms with van der Waals surface area (Å²) in [5.41, 5.74) is 4.38. The number of benzene rings is 3. The molecule has 0 saturated carbocycles. The van der Waals surface area contributed by atoms with Crippen LogP contribution in [-0.4, -0.2) is 29.2 Å². The van der Waals surface area contributed by atoms with Crippen molar-refractivity contribution in [3.05, 3.63) is 96.3 Å². The first-order valence-corrected chi connectivity index (χ1v) is 10.7. The number of rotatable bonds is 7. The molecule has 33 heavy (non-hydrogen) atoms. The van der Waals surface area contributed by atoms with E-state index < -0.39 is 0 Å². The Bertz CT molecular complexity index is 1260. The van der Waals surface area contributed by atoms with Crippen molar-refractivity contribution < 1.29 is 14.3 Å². The van der Waals surface area contributed by atoms with Crippen molar-refractivity contribution >= 4 is 17.5 Å². The van der Waals surface area contributed by atoms with E-state index in [-0.39, 0.29) is 12.7 Å². The van der Waals surface area contributed by atoms with Gasteiger partial charge in [0.1, 0.15) is 0 Å². The van der Waals surface area contributed by atoms with E-state index in [1.165, 1.54) is 0 Å². The minimum absolute atomic E-state index is 0.139. The van der Waals surface area contributed by atoms with Gasteiger partial charge in [-0.05, 0) is 47.9 Å². The van der Waals surface area contributed by atoms with E-state index in [9.17, 15) is 4.79 Å². The van der Waals surface area contributed by atoms with E-state index in [4.69, 9.17) is 9.47 Å². The van der Waals surface area contributed by atoms with Gasteiger partial charge in [0.05, 0.1) is 0 Å². The van der Waals surface area contributed by atoms with Crippen LogP contribution in [0.3, 0.4) is 0 Å². The Morgan fingerprint density at radius 1 is 0.848 bits per heavy atom. The highest BCUT2D eigenvalue weighted by Gasteiger charge is 2.13. The fraction of sp³-hybridized carbons (Fsp3) is 0.115. The number of ether oxygens (including phenoxy) is 2. The molecule has 7 nitrogen and oxygen atoms in total. The number of aromatic nitrogens is 2. The first-order valence-electron chi connectivity index (χ1n) is 10.7. The standard InChI is InChI=1S/C26H22N4O3/c31-25(27-12-11-18-9-10-23-24(13-18)33-17-32-23)20-7-4-8-22(14-20)30-26-28-15-21(16-29-26)19-5-2-1-3-6-19/h1-10,13-16H,11-12,17H2,(H,27,31)(H,28,29,30). The zero-order valence-electron chi connectivity index (χ0n) is 17.8. The van der Waals surface area contributed by atoms with Gasteiger partial charge in [0.2, 0.25) is 12.7 Å². The fourth-order valence-electron chi connectivity index (χ4n) is 3.56. The number of fused-ring (bicyclic) bond motifs is 1. The first-order chi connectivity index (χ1) is 16.2. The SMILES string of the molecule is O=C(NCCc1ccc2c(c1)OCO2)c1cccc(Nc2ncc(-c3ccccc3)cn2)c1. The van der Waals surface area contributed by atoms with E-state index in [1.807, 2.05) is 60.7 Å². The van der Waals surface area contributed by atoms with Crippen LogP contribution in [0.4, 0.5) is 11.6 Å². The van der Waals surface area contributed by atoms with E-state index in [0.717, 1.165) is 33.9 Å². The molecule has 1 aliphatic heterocycles. The summed E-state index contributed by atoms with van der Waals surface area (Å²) in [7, 11) is 0. The van der Waals surface area contributed by atoms with Gasteiger partial charge in [0, 0.05) is 35.8 Å². The molecule has 1 amide bonds.